The van der Waals surface area contributed by atoms with E-state index in [1.165, 1.54) is 24.3 Å². The van der Waals surface area contributed by atoms with Gasteiger partial charge in [0.15, 0.2) is 0 Å². The van der Waals surface area contributed by atoms with Crippen LogP contribution in [0.4, 0.5) is 15.9 Å². The van der Waals surface area contributed by atoms with Crippen molar-refractivity contribution in [3.05, 3.63) is 47.4 Å². The fourth-order valence-corrected chi connectivity index (χ4v) is 2.51. The highest BCUT2D eigenvalue weighted by molar-refractivity contribution is 7.92. The minimum absolute atomic E-state index is 0.0629. The minimum atomic E-state index is -3.86. The van der Waals surface area contributed by atoms with Crippen molar-refractivity contribution in [1.29, 1.82) is 0 Å². The number of anilines is 2. The van der Waals surface area contributed by atoms with Crippen LogP contribution in [0.1, 0.15) is 0 Å². The molecule has 0 fully saturated rings. The van der Waals surface area contributed by atoms with Gasteiger partial charge < -0.3 is 5.43 Å². The zero-order valence-corrected chi connectivity index (χ0v) is 11.5. The Morgan fingerprint density at radius 1 is 1.25 bits per heavy atom. The van der Waals surface area contributed by atoms with Gasteiger partial charge in [0.05, 0.1) is 10.7 Å². The summed E-state index contributed by atoms with van der Waals surface area (Å²) in [6.45, 7) is 0. The molecule has 0 aliphatic heterocycles. The molecule has 0 aliphatic rings. The summed E-state index contributed by atoms with van der Waals surface area (Å²) in [6.07, 6.45) is 1.13. The van der Waals surface area contributed by atoms with E-state index in [1.807, 2.05) is 0 Å². The lowest BCUT2D eigenvalue weighted by atomic mass is 10.3. The molecule has 0 unspecified atom stereocenters. The van der Waals surface area contributed by atoms with Crippen LogP contribution in [0, 0.1) is 5.82 Å². The van der Waals surface area contributed by atoms with Crippen LogP contribution in [0.3, 0.4) is 0 Å². The Morgan fingerprint density at radius 3 is 2.55 bits per heavy atom. The van der Waals surface area contributed by atoms with Crippen molar-refractivity contribution in [2.75, 3.05) is 10.1 Å². The van der Waals surface area contributed by atoms with Gasteiger partial charge in [-0.1, -0.05) is 11.6 Å². The largest absolute Gasteiger partial charge is 0.308 e. The van der Waals surface area contributed by atoms with Crippen LogP contribution < -0.4 is 16.0 Å². The van der Waals surface area contributed by atoms with E-state index in [9.17, 15) is 12.8 Å². The zero-order chi connectivity index (χ0) is 14.8. The molecule has 2 rings (SSSR count). The van der Waals surface area contributed by atoms with Crippen molar-refractivity contribution in [3.8, 4) is 0 Å². The summed E-state index contributed by atoms with van der Waals surface area (Å²) < 4.78 is 39.6. The molecular formula is C11H10ClFN4O2S. The summed E-state index contributed by atoms with van der Waals surface area (Å²) in [5.41, 5.74) is 2.34. The highest BCUT2D eigenvalue weighted by Crippen LogP contribution is 2.21. The SMILES string of the molecule is NNc1ccc(S(=O)(=O)Nc2ccc(Cl)c(F)c2)cn1. The summed E-state index contributed by atoms with van der Waals surface area (Å²) in [6, 6.07) is 6.32. The topological polar surface area (TPSA) is 97.1 Å². The molecule has 0 spiro atoms. The van der Waals surface area contributed by atoms with Crippen molar-refractivity contribution in [2.45, 2.75) is 4.90 Å². The first-order valence-corrected chi connectivity index (χ1v) is 7.19. The van der Waals surface area contributed by atoms with Crippen molar-refractivity contribution < 1.29 is 12.8 Å². The van der Waals surface area contributed by atoms with E-state index >= 15 is 0 Å². The molecule has 0 saturated heterocycles. The Balaban J connectivity index is 2.27. The Morgan fingerprint density at radius 2 is 2.00 bits per heavy atom. The van der Waals surface area contributed by atoms with E-state index in [0.717, 1.165) is 12.3 Å². The van der Waals surface area contributed by atoms with E-state index in [4.69, 9.17) is 17.4 Å². The number of sulfonamides is 1. The van der Waals surface area contributed by atoms with E-state index in [-0.39, 0.29) is 15.6 Å². The Bertz CT molecular complexity index is 722. The number of hydrazine groups is 1. The fraction of sp³-hybridized carbons (Fsp3) is 0. The minimum Gasteiger partial charge on any atom is -0.308 e. The van der Waals surface area contributed by atoms with Gasteiger partial charge >= 0.3 is 0 Å². The number of hydrogen-bond donors (Lipinski definition) is 3. The highest BCUT2D eigenvalue weighted by Gasteiger charge is 2.15. The van der Waals surface area contributed by atoms with Crippen LogP contribution >= 0.6 is 11.6 Å². The van der Waals surface area contributed by atoms with Gasteiger partial charge in [0.2, 0.25) is 0 Å². The molecule has 2 aromatic rings. The summed E-state index contributed by atoms with van der Waals surface area (Å²) in [7, 11) is -3.86. The Kier molecular flexibility index (Phi) is 4.07. The lowest BCUT2D eigenvalue weighted by Crippen LogP contribution is -2.14. The fourth-order valence-electron chi connectivity index (χ4n) is 1.40. The van der Waals surface area contributed by atoms with Crippen molar-refractivity contribution >= 4 is 33.1 Å². The molecule has 4 N–H and O–H groups in total. The standard InChI is InChI=1S/C11H10ClFN4O2S/c12-9-3-1-7(5-10(9)13)17-20(18,19)8-2-4-11(16-14)15-6-8/h1-6,17H,14H2,(H,15,16). The maximum Gasteiger partial charge on any atom is 0.263 e. The normalized spacial score (nSPS) is 11.2. The van der Waals surface area contributed by atoms with Crippen LogP contribution in [-0.4, -0.2) is 13.4 Å². The average molecular weight is 317 g/mol. The van der Waals surface area contributed by atoms with Gasteiger partial charge in [-0.2, -0.15) is 0 Å². The number of halogens is 2. The van der Waals surface area contributed by atoms with E-state index in [0.29, 0.717) is 5.82 Å². The summed E-state index contributed by atoms with van der Waals surface area (Å²) in [4.78, 5) is 3.71. The molecule has 106 valence electrons. The molecule has 1 heterocycles. The number of hydrogen-bond acceptors (Lipinski definition) is 5. The van der Waals surface area contributed by atoms with Crippen LogP contribution in [0.5, 0.6) is 0 Å². The van der Waals surface area contributed by atoms with Gasteiger partial charge in [0, 0.05) is 6.20 Å². The first-order chi connectivity index (χ1) is 9.42. The monoisotopic (exact) mass is 316 g/mol. The molecule has 0 amide bonds. The molecule has 0 radical (unpaired) electrons. The zero-order valence-electron chi connectivity index (χ0n) is 9.97. The third kappa shape index (κ3) is 3.16. The quantitative estimate of drug-likeness (QED) is 0.592. The molecule has 9 heteroatoms. The number of nitrogens with zero attached hydrogens (tertiary/aromatic N) is 1. The smallest absolute Gasteiger partial charge is 0.263 e. The van der Waals surface area contributed by atoms with Gasteiger partial charge in [-0.3, -0.25) is 4.72 Å². The molecule has 0 atom stereocenters. The predicted octanol–water partition coefficient (Wildman–Crippen LogP) is 1.96. The van der Waals surface area contributed by atoms with Gasteiger partial charge in [-0.15, -0.1) is 0 Å². The third-order valence-corrected chi connectivity index (χ3v) is 4.04. The number of rotatable bonds is 4. The van der Waals surface area contributed by atoms with E-state index in [1.54, 1.807) is 0 Å². The maximum absolute atomic E-state index is 13.3. The van der Waals surface area contributed by atoms with Gasteiger partial charge in [-0.05, 0) is 30.3 Å². The number of nitrogens with two attached hydrogens (primary N) is 1. The first-order valence-electron chi connectivity index (χ1n) is 5.33. The van der Waals surface area contributed by atoms with Crippen molar-refractivity contribution in [1.82, 2.24) is 4.98 Å². The van der Waals surface area contributed by atoms with Crippen LogP contribution in [0.25, 0.3) is 0 Å². The third-order valence-electron chi connectivity index (χ3n) is 2.37. The molecule has 0 bridgehead atoms. The number of nitrogens with one attached hydrogen (secondary N) is 2. The number of pyridine rings is 1. The summed E-state index contributed by atoms with van der Waals surface area (Å²) >= 11 is 5.52. The number of benzene rings is 1. The highest BCUT2D eigenvalue weighted by atomic mass is 35.5. The Labute approximate surface area is 119 Å². The molecule has 1 aromatic heterocycles. The van der Waals surface area contributed by atoms with Gasteiger partial charge in [-0.25, -0.2) is 23.6 Å². The van der Waals surface area contributed by atoms with E-state index < -0.39 is 15.8 Å². The number of nitrogen functional groups attached to an aromatic ring is 1. The summed E-state index contributed by atoms with van der Waals surface area (Å²) in [5.74, 6) is 4.74. The molecular weight excluding hydrogens is 307 g/mol. The van der Waals surface area contributed by atoms with E-state index in [2.05, 4.69) is 15.1 Å². The van der Waals surface area contributed by atoms with Gasteiger partial charge in [0.1, 0.15) is 16.5 Å². The molecule has 0 aliphatic carbocycles. The van der Waals surface area contributed by atoms with Crippen LogP contribution in [0.2, 0.25) is 5.02 Å². The molecule has 20 heavy (non-hydrogen) atoms. The predicted molar refractivity (Wildman–Crippen MR) is 74.3 cm³/mol. The second-order valence-corrected chi connectivity index (χ2v) is 5.85. The molecule has 1 aromatic carbocycles. The molecule has 6 nitrogen and oxygen atoms in total. The second-order valence-electron chi connectivity index (χ2n) is 3.76. The first kappa shape index (κ1) is 14.5. The molecule has 0 saturated carbocycles. The number of aromatic nitrogens is 1. The van der Waals surface area contributed by atoms with Crippen LogP contribution in [-0.2, 0) is 10.0 Å². The average Bonchev–Trinajstić information content (AvgIpc) is 2.43. The Hall–Kier alpha value is -1.90. The summed E-state index contributed by atoms with van der Waals surface area (Å²) in [5, 5.41) is -0.0898. The van der Waals surface area contributed by atoms with Crippen LogP contribution in [0.15, 0.2) is 41.4 Å². The van der Waals surface area contributed by atoms with Crippen molar-refractivity contribution in [2.24, 2.45) is 5.84 Å². The lowest BCUT2D eigenvalue weighted by molar-refractivity contribution is 0.600. The lowest BCUT2D eigenvalue weighted by Gasteiger charge is -2.08. The van der Waals surface area contributed by atoms with Gasteiger partial charge in [0.25, 0.3) is 10.0 Å². The van der Waals surface area contributed by atoms with Crippen molar-refractivity contribution in [3.63, 3.8) is 0 Å². The second kappa shape index (κ2) is 5.61. The maximum atomic E-state index is 13.3.